The molecule has 5 heterocycles. The van der Waals surface area contributed by atoms with Crippen molar-refractivity contribution in [2.45, 2.75) is 32.6 Å². The van der Waals surface area contributed by atoms with Crippen LogP contribution in [0.5, 0.6) is 5.75 Å². The first-order chi connectivity index (χ1) is 22.7. The molecule has 9 nitrogen and oxygen atoms in total. The quantitative estimate of drug-likeness (QED) is 0.144. The number of ether oxygens (including phenoxy) is 2. The number of fused-ring (bicyclic) bond motifs is 3. The van der Waals surface area contributed by atoms with Gasteiger partial charge >= 0.3 is 0 Å². The molecule has 0 aliphatic carbocycles. The van der Waals surface area contributed by atoms with E-state index in [1.807, 2.05) is 47.3 Å². The van der Waals surface area contributed by atoms with Crippen LogP contribution >= 0.6 is 11.3 Å². The number of halogens is 2. The Hall–Kier alpha value is -4.94. The summed E-state index contributed by atoms with van der Waals surface area (Å²) >= 11 is 1.39. The number of amides is 2. The SMILES string of the molecule is C=CC(=O)N1Cc2cc(-c3nc(-c4ccc5c(c4)C(=O)N(C)C5)c4ccsc4c3-c3c(F)cc(F)cc3OCCOC)nn2C[C@H]1C. The van der Waals surface area contributed by atoms with Crippen molar-refractivity contribution in [1.82, 2.24) is 24.6 Å². The van der Waals surface area contributed by atoms with Gasteiger partial charge in [-0.3, -0.25) is 14.3 Å². The summed E-state index contributed by atoms with van der Waals surface area (Å²) in [4.78, 5) is 34.1. The van der Waals surface area contributed by atoms with Crippen molar-refractivity contribution in [1.29, 1.82) is 0 Å². The lowest BCUT2D eigenvalue weighted by molar-refractivity contribution is -0.129. The second-order valence-electron chi connectivity index (χ2n) is 11.7. The van der Waals surface area contributed by atoms with E-state index in [1.54, 1.807) is 16.8 Å². The van der Waals surface area contributed by atoms with Crippen LogP contribution in [-0.4, -0.2) is 69.8 Å². The average Bonchev–Trinajstić information content (AvgIpc) is 3.77. The van der Waals surface area contributed by atoms with E-state index in [0.717, 1.165) is 34.3 Å². The maximum Gasteiger partial charge on any atom is 0.254 e. The molecule has 0 unspecified atom stereocenters. The van der Waals surface area contributed by atoms with Gasteiger partial charge in [0.2, 0.25) is 5.91 Å². The summed E-state index contributed by atoms with van der Waals surface area (Å²) in [7, 11) is 3.28. The zero-order valence-corrected chi connectivity index (χ0v) is 26.9. The van der Waals surface area contributed by atoms with Gasteiger partial charge in [-0.2, -0.15) is 5.10 Å². The molecule has 3 aromatic heterocycles. The highest BCUT2D eigenvalue weighted by atomic mass is 32.1. The number of methoxy groups -OCH3 is 1. The summed E-state index contributed by atoms with van der Waals surface area (Å²) in [5.41, 5.74) is 4.90. The first-order valence-electron chi connectivity index (χ1n) is 15.1. The lowest BCUT2D eigenvalue weighted by Crippen LogP contribution is -2.44. The van der Waals surface area contributed by atoms with E-state index in [2.05, 4.69) is 6.58 Å². The van der Waals surface area contributed by atoms with Gasteiger partial charge in [0.25, 0.3) is 5.91 Å². The molecule has 0 spiro atoms. The molecule has 12 heteroatoms. The summed E-state index contributed by atoms with van der Waals surface area (Å²) in [6.07, 6.45) is 1.29. The third kappa shape index (κ3) is 5.27. The van der Waals surface area contributed by atoms with Crippen molar-refractivity contribution in [2.75, 3.05) is 27.4 Å². The molecule has 2 amide bonds. The van der Waals surface area contributed by atoms with E-state index in [4.69, 9.17) is 19.6 Å². The van der Waals surface area contributed by atoms with Crippen LogP contribution in [0.15, 0.2) is 60.5 Å². The summed E-state index contributed by atoms with van der Waals surface area (Å²) < 4.78 is 44.2. The van der Waals surface area contributed by atoms with Crippen LogP contribution in [0.1, 0.15) is 28.5 Å². The Bertz CT molecular complexity index is 2090. The van der Waals surface area contributed by atoms with E-state index < -0.39 is 11.6 Å². The van der Waals surface area contributed by atoms with Crippen LogP contribution in [0, 0.1) is 11.6 Å². The van der Waals surface area contributed by atoms with Crippen molar-refractivity contribution in [3.8, 4) is 39.5 Å². The fourth-order valence-electron chi connectivity index (χ4n) is 6.35. The molecule has 0 fully saturated rings. The van der Waals surface area contributed by atoms with Crippen LogP contribution in [0.3, 0.4) is 0 Å². The van der Waals surface area contributed by atoms with Crippen LogP contribution < -0.4 is 4.74 Å². The Morgan fingerprint density at radius 1 is 1.11 bits per heavy atom. The van der Waals surface area contributed by atoms with E-state index in [0.29, 0.717) is 52.5 Å². The van der Waals surface area contributed by atoms with Gasteiger partial charge in [0.05, 0.1) is 36.6 Å². The summed E-state index contributed by atoms with van der Waals surface area (Å²) in [6.45, 7) is 7.14. The number of carbonyl (C=O) groups is 2. The Morgan fingerprint density at radius 2 is 1.94 bits per heavy atom. The van der Waals surface area contributed by atoms with Crippen LogP contribution in [0.2, 0.25) is 0 Å². The lowest BCUT2D eigenvalue weighted by atomic mass is 9.95. The third-order valence-corrected chi connectivity index (χ3v) is 9.59. The summed E-state index contributed by atoms with van der Waals surface area (Å²) in [5, 5.41) is 7.54. The maximum atomic E-state index is 16.1. The van der Waals surface area contributed by atoms with E-state index in [9.17, 15) is 14.0 Å². The second-order valence-corrected chi connectivity index (χ2v) is 12.6. The van der Waals surface area contributed by atoms with E-state index >= 15 is 4.39 Å². The van der Waals surface area contributed by atoms with Crippen LogP contribution in [-0.2, 0) is 29.2 Å². The van der Waals surface area contributed by atoms with Gasteiger partial charge in [-0.1, -0.05) is 18.7 Å². The molecule has 2 aliphatic heterocycles. The molecular weight excluding hydrogens is 624 g/mol. The van der Waals surface area contributed by atoms with Gasteiger partial charge in [0.15, 0.2) is 0 Å². The van der Waals surface area contributed by atoms with Crippen LogP contribution in [0.4, 0.5) is 8.78 Å². The average molecular weight is 656 g/mol. The monoisotopic (exact) mass is 655 g/mol. The molecule has 5 aromatic rings. The molecule has 47 heavy (non-hydrogen) atoms. The van der Waals surface area contributed by atoms with Gasteiger partial charge in [-0.15, -0.1) is 11.3 Å². The Balaban J connectivity index is 1.48. The summed E-state index contributed by atoms with van der Waals surface area (Å²) in [6, 6.07) is 11.3. The van der Waals surface area contributed by atoms with Gasteiger partial charge in [0, 0.05) is 65.7 Å². The first kappa shape index (κ1) is 30.7. The zero-order valence-electron chi connectivity index (χ0n) is 26.0. The minimum Gasteiger partial charge on any atom is -0.490 e. The minimum absolute atomic E-state index is 0.0107. The van der Waals surface area contributed by atoms with Crippen molar-refractivity contribution < 1.29 is 27.8 Å². The number of hydrogen-bond acceptors (Lipinski definition) is 7. The molecule has 2 aromatic carbocycles. The molecule has 1 atom stereocenters. The van der Waals surface area contributed by atoms with Gasteiger partial charge in [-0.25, -0.2) is 13.8 Å². The third-order valence-electron chi connectivity index (χ3n) is 8.65. The Kier molecular flexibility index (Phi) is 7.85. The fraction of sp³-hybridized carbons (Fsp3) is 0.257. The summed E-state index contributed by atoms with van der Waals surface area (Å²) in [5.74, 6) is -1.83. The zero-order chi connectivity index (χ0) is 33.0. The molecule has 0 saturated heterocycles. The molecule has 0 bridgehead atoms. The number of thiophene rings is 1. The number of benzene rings is 2. The lowest BCUT2D eigenvalue weighted by Gasteiger charge is -2.33. The normalized spacial score (nSPS) is 15.7. The number of hydrogen-bond donors (Lipinski definition) is 0. The molecular formula is C35H31F2N5O4S. The molecule has 2 aliphatic rings. The number of aromatic nitrogens is 3. The Morgan fingerprint density at radius 3 is 2.72 bits per heavy atom. The minimum atomic E-state index is -0.811. The predicted octanol–water partition coefficient (Wildman–Crippen LogP) is 6.30. The largest absolute Gasteiger partial charge is 0.490 e. The number of rotatable bonds is 8. The molecule has 7 rings (SSSR count). The highest BCUT2D eigenvalue weighted by Gasteiger charge is 2.31. The Labute approximate surface area is 273 Å². The predicted molar refractivity (Wildman–Crippen MR) is 175 cm³/mol. The molecule has 0 radical (unpaired) electrons. The molecule has 240 valence electrons. The van der Waals surface area contributed by atoms with Crippen molar-refractivity contribution in [2.24, 2.45) is 0 Å². The standard InChI is InChI=1S/C35H31F2N5O4S/c1-5-29(43)41-18-23-15-27(39-42(23)16-19(41)2)33-31(30-26(37)13-22(36)14-28(30)46-10-9-45-4)34-24(8-11-47-34)32(38-33)20-6-7-21-17-40(3)35(44)25(21)12-20/h5-8,11-15,19H,1,9-10,16-18H2,2-4H3/t19-/m1/s1. The van der Waals surface area contributed by atoms with E-state index in [-0.39, 0.29) is 42.4 Å². The number of carbonyl (C=O) groups excluding carboxylic acids is 2. The topological polar surface area (TPSA) is 89.8 Å². The first-order valence-corrected chi connectivity index (χ1v) is 16.0. The van der Waals surface area contributed by atoms with Crippen molar-refractivity contribution >= 4 is 33.2 Å². The van der Waals surface area contributed by atoms with Gasteiger partial charge in [-0.05, 0) is 42.1 Å². The van der Waals surface area contributed by atoms with E-state index in [1.165, 1.54) is 24.5 Å². The second kappa shape index (κ2) is 12.0. The van der Waals surface area contributed by atoms with Crippen molar-refractivity contribution in [3.05, 3.63) is 89.0 Å². The maximum absolute atomic E-state index is 16.1. The number of nitrogens with zero attached hydrogens (tertiary/aromatic N) is 5. The highest BCUT2D eigenvalue weighted by Crippen LogP contribution is 2.47. The smallest absolute Gasteiger partial charge is 0.254 e. The fourth-order valence-corrected chi connectivity index (χ4v) is 7.29. The van der Waals surface area contributed by atoms with Crippen molar-refractivity contribution in [3.63, 3.8) is 0 Å². The van der Waals surface area contributed by atoms with Gasteiger partial charge in [0.1, 0.15) is 35.4 Å². The van der Waals surface area contributed by atoms with Crippen LogP contribution in [0.25, 0.3) is 43.9 Å². The molecule has 0 N–H and O–H groups in total. The molecule has 0 saturated carbocycles. The highest BCUT2D eigenvalue weighted by molar-refractivity contribution is 7.18. The number of pyridine rings is 1. The van der Waals surface area contributed by atoms with Gasteiger partial charge < -0.3 is 19.3 Å².